The molecule has 140 valence electrons. The van der Waals surface area contributed by atoms with Gasteiger partial charge in [0.2, 0.25) is 5.91 Å². The van der Waals surface area contributed by atoms with Crippen LogP contribution in [0, 0.1) is 0 Å². The van der Waals surface area contributed by atoms with Crippen molar-refractivity contribution >= 4 is 21.6 Å². The Bertz CT molecular complexity index is 859. The van der Waals surface area contributed by atoms with Crippen molar-refractivity contribution in [3.63, 3.8) is 0 Å². The lowest BCUT2D eigenvalue weighted by atomic mass is 10.1. The first-order valence-corrected chi connectivity index (χ1v) is 9.60. The lowest BCUT2D eigenvalue weighted by molar-refractivity contribution is -0.121. The molecule has 0 bridgehead atoms. The van der Waals surface area contributed by atoms with Crippen LogP contribution in [0.1, 0.15) is 20.8 Å². The predicted molar refractivity (Wildman–Crippen MR) is 102 cm³/mol. The summed E-state index contributed by atoms with van der Waals surface area (Å²) in [6.07, 6.45) is 0. The van der Waals surface area contributed by atoms with Crippen LogP contribution in [0.4, 0.5) is 5.69 Å². The van der Waals surface area contributed by atoms with Gasteiger partial charge < -0.3 is 10.1 Å². The van der Waals surface area contributed by atoms with Crippen molar-refractivity contribution in [3.8, 4) is 5.75 Å². The molecule has 0 aromatic heterocycles. The first-order valence-electron chi connectivity index (χ1n) is 8.16. The molecule has 0 unspecified atom stereocenters. The molecule has 1 N–H and O–H groups in total. The van der Waals surface area contributed by atoms with E-state index in [-0.39, 0.29) is 17.3 Å². The number of amides is 1. The third-order valence-electron chi connectivity index (χ3n) is 3.47. The smallest absolute Gasteiger partial charge is 0.264 e. The van der Waals surface area contributed by atoms with Gasteiger partial charge in [-0.15, -0.1) is 0 Å². The standard InChI is InChI=1S/C19H24N2O4S/c1-19(2,3)20-18(22)14-21(15-9-8-10-16(13-15)25-4)26(23,24)17-11-6-5-7-12-17/h5-13H,14H2,1-4H3,(H,20,22). The molecule has 0 radical (unpaired) electrons. The van der Waals surface area contributed by atoms with Gasteiger partial charge in [0.1, 0.15) is 12.3 Å². The molecule has 6 nitrogen and oxygen atoms in total. The lowest BCUT2D eigenvalue weighted by Crippen LogP contribution is -2.47. The molecule has 2 rings (SSSR count). The van der Waals surface area contributed by atoms with Crippen LogP contribution >= 0.6 is 0 Å². The summed E-state index contributed by atoms with van der Waals surface area (Å²) in [6.45, 7) is 5.19. The Kier molecular flexibility index (Phi) is 5.92. The summed E-state index contributed by atoms with van der Waals surface area (Å²) in [4.78, 5) is 12.5. The second-order valence-electron chi connectivity index (χ2n) is 6.82. The maximum Gasteiger partial charge on any atom is 0.264 e. The SMILES string of the molecule is COc1cccc(N(CC(=O)NC(C)(C)C)S(=O)(=O)c2ccccc2)c1. The van der Waals surface area contributed by atoms with Crippen LogP contribution in [-0.2, 0) is 14.8 Å². The van der Waals surface area contributed by atoms with Crippen molar-refractivity contribution in [2.75, 3.05) is 18.0 Å². The molecule has 1 amide bonds. The number of methoxy groups -OCH3 is 1. The van der Waals surface area contributed by atoms with E-state index in [0.717, 1.165) is 4.31 Å². The fourth-order valence-corrected chi connectivity index (χ4v) is 3.82. The zero-order chi connectivity index (χ0) is 19.4. The number of rotatable bonds is 6. The normalized spacial score (nSPS) is 11.7. The summed E-state index contributed by atoms with van der Waals surface area (Å²) in [7, 11) is -2.41. The van der Waals surface area contributed by atoms with Crippen LogP contribution in [0.15, 0.2) is 59.5 Å². The average molecular weight is 376 g/mol. The van der Waals surface area contributed by atoms with E-state index in [0.29, 0.717) is 11.4 Å². The van der Waals surface area contributed by atoms with Crippen LogP contribution in [-0.4, -0.2) is 33.5 Å². The summed E-state index contributed by atoms with van der Waals surface area (Å²) in [5.74, 6) is 0.117. The van der Waals surface area contributed by atoms with Crippen molar-refractivity contribution in [1.82, 2.24) is 5.32 Å². The fourth-order valence-electron chi connectivity index (χ4n) is 2.39. The molecular formula is C19H24N2O4S. The van der Waals surface area contributed by atoms with E-state index in [1.54, 1.807) is 42.5 Å². The van der Waals surface area contributed by atoms with Gasteiger partial charge in [-0.1, -0.05) is 24.3 Å². The molecule has 7 heteroatoms. The van der Waals surface area contributed by atoms with Gasteiger partial charge >= 0.3 is 0 Å². The van der Waals surface area contributed by atoms with Crippen LogP contribution in [0.2, 0.25) is 0 Å². The van der Waals surface area contributed by atoms with Crippen LogP contribution in [0.5, 0.6) is 5.75 Å². The first-order chi connectivity index (χ1) is 12.1. The highest BCUT2D eigenvalue weighted by Gasteiger charge is 2.28. The molecule has 0 aliphatic heterocycles. The Hall–Kier alpha value is -2.54. The maximum absolute atomic E-state index is 13.1. The fraction of sp³-hybridized carbons (Fsp3) is 0.316. The number of benzene rings is 2. The lowest BCUT2D eigenvalue weighted by Gasteiger charge is -2.27. The molecule has 0 heterocycles. The van der Waals surface area contributed by atoms with E-state index < -0.39 is 15.6 Å². The number of carbonyl (C=O) groups excluding carboxylic acids is 1. The Balaban J connectivity index is 2.46. The monoisotopic (exact) mass is 376 g/mol. The van der Waals surface area contributed by atoms with Gasteiger partial charge in [-0.2, -0.15) is 0 Å². The van der Waals surface area contributed by atoms with E-state index in [4.69, 9.17) is 4.74 Å². The van der Waals surface area contributed by atoms with E-state index >= 15 is 0 Å². The van der Waals surface area contributed by atoms with Crippen molar-refractivity contribution in [2.45, 2.75) is 31.2 Å². The highest BCUT2D eigenvalue weighted by atomic mass is 32.2. The average Bonchev–Trinajstić information content (AvgIpc) is 2.59. The maximum atomic E-state index is 13.1. The minimum absolute atomic E-state index is 0.117. The molecule has 0 fully saturated rings. The van der Waals surface area contributed by atoms with Gasteiger partial charge in [0.25, 0.3) is 10.0 Å². The van der Waals surface area contributed by atoms with Gasteiger partial charge in [0, 0.05) is 11.6 Å². The topological polar surface area (TPSA) is 75.7 Å². The quantitative estimate of drug-likeness (QED) is 0.841. The second kappa shape index (κ2) is 7.78. The van der Waals surface area contributed by atoms with E-state index in [2.05, 4.69) is 5.32 Å². The highest BCUT2D eigenvalue weighted by molar-refractivity contribution is 7.92. The third kappa shape index (κ3) is 4.98. The van der Waals surface area contributed by atoms with Gasteiger partial charge in [-0.25, -0.2) is 8.42 Å². The molecule has 0 aliphatic carbocycles. The number of nitrogens with one attached hydrogen (secondary N) is 1. The Morgan fingerprint density at radius 1 is 1.08 bits per heavy atom. The predicted octanol–water partition coefficient (Wildman–Crippen LogP) is 2.81. The summed E-state index contributed by atoms with van der Waals surface area (Å²) in [5.41, 5.74) is -0.106. The molecule has 0 saturated carbocycles. The van der Waals surface area contributed by atoms with Gasteiger partial charge in [-0.05, 0) is 45.0 Å². The number of anilines is 1. The Labute approximate surface area is 154 Å². The van der Waals surface area contributed by atoms with Crippen LogP contribution in [0.3, 0.4) is 0 Å². The zero-order valence-electron chi connectivity index (χ0n) is 15.4. The highest BCUT2D eigenvalue weighted by Crippen LogP contribution is 2.26. The molecular weight excluding hydrogens is 352 g/mol. The summed E-state index contributed by atoms with van der Waals surface area (Å²) in [5, 5.41) is 2.80. The van der Waals surface area contributed by atoms with Crippen molar-refractivity contribution < 1.29 is 17.9 Å². The number of carbonyl (C=O) groups is 1. The number of sulfonamides is 1. The van der Waals surface area contributed by atoms with E-state index in [9.17, 15) is 13.2 Å². The van der Waals surface area contributed by atoms with E-state index in [1.165, 1.54) is 19.2 Å². The molecule has 2 aromatic rings. The van der Waals surface area contributed by atoms with Crippen LogP contribution in [0.25, 0.3) is 0 Å². The number of hydrogen-bond acceptors (Lipinski definition) is 4. The molecule has 0 spiro atoms. The van der Waals surface area contributed by atoms with Crippen molar-refractivity contribution in [3.05, 3.63) is 54.6 Å². The molecule has 26 heavy (non-hydrogen) atoms. The summed E-state index contributed by atoms with van der Waals surface area (Å²) >= 11 is 0. The van der Waals surface area contributed by atoms with Gasteiger partial charge in [-0.3, -0.25) is 9.10 Å². The number of hydrogen-bond donors (Lipinski definition) is 1. The van der Waals surface area contributed by atoms with Crippen LogP contribution < -0.4 is 14.4 Å². The third-order valence-corrected chi connectivity index (χ3v) is 5.26. The zero-order valence-corrected chi connectivity index (χ0v) is 16.2. The second-order valence-corrected chi connectivity index (χ2v) is 8.69. The Morgan fingerprint density at radius 2 is 1.73 bits per heavy atom. The van der Waals surface area contributed by atoms with E-state index in [1.807, 2.05) is 20.8 Å². The van der Waals surface area contributed by atoms with Crippen molar-refractivity contribution in [1.29, 1.82) is 0 Å². The molecule has 0 atom stereocenters. The number of ether oxygens (including phenoxy) is 1. The Morgan fingerprint density at radius 3 is 2.31 bits per heavy atom. The minimum atomic E-state index is -3.91. The van der Waals surface area contributed by atoms with Gasteiger partial charge in [0.15, 0.2) is 0 Å². The summed E-state index contributed by atoms with van der Waals surface area (Å²) < 4.78 is 32.6. The largest absolute Gasteiger partial charge is 0.497 e. The van der Waals surface area contributed by atoms with Gasteiger partial charge in [0.05, 0.1) is 17.7 Å². The molecule has 0 aliphatic rings. The minimum Gasteiger partial charge on any atom is -0.497 e. The molecule has 2 aromatic carbocycles. The first kappa shape index (κ1) is 19.8. The number of nitrogens with zero attached hydrogens (tertiary/aromatic N) is 1. The summed E-state index contributed by atoms with van der Waals surface area (Å²) in [6, 6.07) is 14.7. The molecule has 0 saturated heterocycles. The van der Waals surface area contributed by atoms with Crippen molar-refractivity contribution in [2.24, 2.45) is 0 Å².